The van der Waals surface area contributed by atoms with Gasteiger partial charge in [-0.2, -0.15) is 0 Å². The molecule has 0 saturated carbocycles. The smallest absolute Gasteiger partial charge is 0.255 e. The lowest BCUT2D eigenvalue weighted by Gasteiger charge is -2.19. The van der Waals surface area contributed by atoms with Gasteiger partial charge < -0.3 is 15.8 Å². The number of nitrogens with one attached hydrogen (secondary N) is 1. The van der Waals surface area contributed by atoms with Gasteiger partial charge in [-0.1, -0.05) is 18.5 Å². The predicted octanol–water partition coefficient (Wildman–Crippen LogP) is 2.60. The fraction of sp³-hybridized carbons (Fsp3) is 0.500. The van der Waals surface area contributed by atoms with E-state index in [9.17, 15) is 4.79 Å². The van der Waals surface area contributed by atoms with E-state index in [1.165, 1.54) is 0 Å². The standard InChI is InChI=1S/C14H21ClN2O2/c1-4-7-19-12-6-5-10(15)8-11(12)13(18)17-9-14(2,3)16/h5-6,8H,4,7,9,16H2,1-3H3,(H,17,18). The molecule has 106 valence electrons. The van der Waals surface area contributed by atoms with E-state index >= 15 is 0 Å². The van der Waals surface area contributed by atoms with E-state index < -0.39 is 5.54 Å². The van der Waals surface area contributed by atoms with Crippen molar-refractivity contribution in [2.45, 2.75) is 32.7 Å². The van der Waals surface area contributed by atoms with E-state index in [0.29, 0.717) is 29.5 Å². The minimum atomic E-state index is -0.460. The Hall–Kier alpha value is -1.26. The number of benzene rings is 1. The number of ether oxygens (including phenoxy) is 1. The Bertz CT molecular complexity index is 442. The fourth-order valence-electron chi connectivity index (χ4n) is 1.42. The van der Waals surface area contributed by atoms with Gasteiger partial charge in [-0.05, 0) is 38.5 Å². The molecule has 1 rings (SSSR count). The molecule has 0 radical (unpaired) electrons. The lowest BCUT2D eigenvalue weighted by atomic mass is 10.1. The summed E-state index contributed by atoms with van der Waals surface area (Å²) >= 11 is 5.92. The molecule has 0 aliphatic rings. The Morgan fingerprint density at radius 3 is 2.74 bits per heavy atom. The van der Waals surface area contributed by atoms with Crippen LogP contribution in [0.1, 0.15) is 37.6 Å². The maximum absolute atomic E-state index is 12.1. The quantitative estimate of drug-likeness (QED) is 0.844. The number of hydrogen-bond donors (Lipinski definition) is 2. The predicted molar refractivity (Wildman–Crippen MR) is 77.8 cm³/mol. The summed E-state index contributed by atoms with van der Waals surface area (Å²) in [5.41, 5.74) is 5.81. The molecule has 0 aliphatic heterocycles. The van der Waals surface area contributed by atoms with Crippen LogP contribution in [0.3, 0.4) is 0 Å². The Labute approximate surface area is 119 Å². The van der Waals surface area contributed by atoms with Gasteiger partial charge in [-0.15, -0.1) is 0 Å². The molecule has 1 amide bonds. The van der Waals surface area contributed by atoms with E-state index in [1.807, 2.05) is 20.8 Å². The van der Waals surface area contributed by atoms with E-state index in [-0.39, 0.29) is 5.91 Å². The van der Waals surface area contributed by atoms with Crippen LogP contribution in [0.2, 0.25) is 5.02 Å². The minimum absolute atomic E-state index is 0.230. The third kappa shape index (κ3) is 5.49. The lowest BCUT2D eigenvalue weighted by molar-refractivity contribution is 0.0942. The maximum atomic E-state index is 12.1. The monoisotopic (exact) mass is 284 g/mol. The van der Waals surface area contributed by atoms with E-state index in [1.54, 1.807) is 18.2 Å². The molecular formula is C14H21ClN2O2. The first-order chi connectivity index (χ1) is 8.83. The van der Waals surface area contributed by atoms with Crippen molar-refractivity contribution in [2.24, 2.45) is 5.73 Å². The van der Waals surface area contributed by atoms with Gasteiger partial charge >= 0.3 is 0 Å². The Morgan fingerprint density at radius 1 is 1.47 bits per heavy atom. The minimum Gasteiger partial charge on any atom is -0.493 e. The fourth-order valence-corrected chi connectivity index (χ4v) is 1.59. The molecule has 0 saturated heterocycles. The highest BCUT2D eigenvalue weighted by Crippen LogP contribution is 2.23. The Balaban J connectivity index is 2.84. The van der Waals surface area contributed by atoms with Crippen LogP contribution in [0.25, 0.3) is 0 Å². The first kappa shape index (κ1) is 15.8. The summed E-state index contributed by atoms with van der Waals surface area (Å²) in [6, 6.07) is 5.02. The summed E-state index contributed by atoms with van der Waals surface area (Å²) < 4.78 is 5.54. The number of carbonyl (C=O) groups is 1. The van der Waals surface area contributed by atoms with Crippen molar-refractivity contribution >= 4 is 17.5 Å². The van der Waals surface area contributed by atoms with E-state index in [2.05, 4.69) is 5.32 Å². The van der Waals surface area contributed by atoms with Crippen LogP contribution in [-0.4, -0.2) is 24.6 Å². The number of rotatable bonds is 6. The summed E-state index contributed by atoms with van der Waals surface area (Å²) in [6.07, 6.45) is 0.875. The zero-order valence-electron chi connectivity index (χ0n) is 11.6. The molecule has 0 heterocycles. The van der Waals surface area contributed by atoms with Crippen molar-refractivity contribution in [3.05, 3.63) is 28.8 Å². The molecular weight excluding hydrogens is 264 g/mol. The van der Waals surface area contributed by atoms with Crippen molar-refractivity contribution in [1.29, 1.82) is 0 Å². The SMILES string of the molecule is CCCOc1ccc(Cl)cc1C(=O)NCC(C)(C)N. The molecule has 0 unspecified atom stereocenters. The van der Waals surface area contributed by atoms with Crippen molar-refractivity contribution in [3.8, 4) is 5.75 Å². The van der Waals surface area contributed by atoms with Crippen LogP contribution in [0, 0.1) is 0 Å². The van der Waals surface area contributed by atoms with Crippen molar-refractivity contribution < 1.29 is 9.53 Å². The molecule has 1 aromatic carbocycles. The van der Waals surface area contributed by atoms with Crippen LogP contribution < -0.4 is 15.8 Å². The largest absolute Gasteiger partial charge is 0.493 e. The van der Waals surface area contributed by atoms with Gasteiger partial charge in [0, 0.05) is 17.1 Å². The third-order valence-electron chi connectivity index (χ3n) is 2.35. The van der Waals surface area contributed by atoms with Crippen LogP contribution >= 0.6 is 11.6 Å². The first-order valence-electron chi connectivity index (χ1n) is 6.33. The third-order valence-corrected chi connectivity index (χ3v) is 2.59. The molecule has 5 heteroatoms. The summed E-state index contributed by atoms with van der Waals surface area (Å²) in [4.78, 5) is 12.1. The van der Waals surface area contributed by atoms with Crippen molar-refractivity contribution in [2.75, 3.05) is 13.2 Å². The summed E-state index contributed by atoms with van der Waals surface area (Å²) in [5.74, 6) is 0.311. The van der Waals surface area contributed by atoms with Gasteiger partial charge in [0.15, 0.2) is 0 Å². The molecule has 3 N–H and O–H groups in total. The summed E-state index contributed by atoms with van der Waals surface area (Å²) in [6.45, 7) is 6.64. The van der Waals surface area contributed by atoms with Crippen LogP contribution in [-0.2, 0) is 0 Å². The van der Waals surface area contributed by atoms with E-state index in [0.717, 1.165) is 6.42 Å². The molecule has 19 heavy (non-hydrogen) atoms. The maximum Gasteiger partial charge on any atom is 0.255 e. The summed E-state index contributed by atoms with van der Waals surface area (Å²) in [7, 11) is 0. The topological polar surface area (TPSA) is 64.3 Å². The lowest BCUT2D eigenvalue weighted by Crippen LogP contribution is -2.45. The first-order valence-corrected chi connectivity index (χ1v) is 6.70. The number of amides is 1. The second-order valence-corrected chi connectivity index (χ2v) is 5.60. The summed E-state index contributed by atoms with van der Waals surface area (Å²) in [5, 5.41) is 3.28. The van der Waals surface area contributed by atoms with Gasteiger partial charge in [0.05, 0.1) is 12.2 Å². The molecule has 1 aromatic rings. The molecule has 4 nitrogen and oxygen atoms in total. The molecule has 0 atom stereocenters. The average Bonchev–Trinajstić information content (AvgIpc) is 2.33. The molecule has 0 fully saturated rings. The second kappa shape index (κ2) is 6.78. The zero-order chi connectivity index (χ0) is 14.5. The molecule has 0 aromatic heterocycles. The Kier molecular flexibility index (Phi) is 5.63. The van der Waals surface area contributed by atoms with Gasteiger partial charge in [0.25, 0.3) is 5.91 Å². The van der Waals surface area contributed by atoms with Crippen LogP contribution in [0.4, 0.5) is 0 Å². The number of hydrogen-bond acceptors (Lipinski definition) is 3. The average molecular weight is 285 g/mol. The second-order valence-electron chi connectivity index (χ2n) is 5.16. The highest BCUT2D eigenvalue weighted by atomic mass is 35.5. The van der Waals surface area contributed by atoms with Gasteiger partial charge in [0.2, 0.25) is 0 Å². The van der Waals surface area contributed by atoms with Crippen molar-refractivity contribution in [3.63, 3.8) is 0 Å². The zero-order valence-corrected chi connectivity index (χ0v) is 12.4. The van der Waals surface area contributed by atoms with E-state index in [4.69, 9.17) is 22.1 Å². The molecule has 0 aliphatic carbocycles. The van der Waals surface area contributed by atoms with Crippen molar-refractivity contribution in [1.82, 2.24) is 5.32 Å². The number of halogens is 1. The highest BCUT2D eigenvalue weighted by Gasteiger charge is 2.17. The molecule has 0 bridgehead atoms. The number of carbonyl (C=O) groups excluding carboxylic acids is 1. The van der Waals surface area contributed by atoms with Gasteiger partial charge in [0.1, 0.15) is 5.75 Å². The van der Waals surface area contributed by atoms with Gasteiger partial charge in [-0.25, -0.2) is 0 Å². The van der Waals surface area contributed by atoms with Crippen LogP contribution in [0.5, 0.6) is 5.75 Å². The molecule has 0 spiro atoms. The van der Waals surface area contributed by atoms with Gasteiger partial charge in [-0.3, -0.25) is 4.79 Å². The Morgan fingerprint density at radius 2 is 2.16 bits per heavy atom. The normalized spacial score (nSPS) is 11.2. The van der Waals surface area contributed by atoms with Crippen LogP contribution in [0.15, 0.2) is 18.2 Å². The highest BCUT2D eigenvalue weighted by molar-refractivity contribution is 6.31. The number of nitrogens with two attached hydrogens (primary N) is 1.